The van der Waals surface area contributed by atoms with Gasteiger partial charge in [-0.3, -0.25) is 4.44 Å². The van der Waals surface area contributed by atoms with Gasteiger partial charge in [0.25, 0.3) is 0 Å². The number of benzene rings is 4. The molecule has 0 aliphatic carbocycles. The minimum absolute atomic E-state index is 0.0588. The molecule has 0 N–H and O–H groups in total. The molecular formula is C32H29F6NP2. The first kappa shape index (κ1) is 29.8. The lowest BCUT2D eigenvalue weighted by Gasteiger charge is -2.42. The second kappa shape index (κ2) is 13.1. The zero-order valence-electron chi connectivity index (χ0n) is 22.4. The first-order valence-electron chi connectivity index (χ1n) is 13.5. The second-order valence-electron chi connectivity index (χ2n) is 10.0. The minimum atomic E-state index is -1.99. The first-order valence-corrected chi connectivity index (χ1v) is 16.3. The molecule has 1 aliphatic heterocycles. The molecule has 3 atom stereocenters. The quantitative estimate of drug-likeness (QED) is 0.105. The fraction of sp³-hybridized carbons (Fsp3) is 0.250. The van der Waals surface area contributed by atoms with Gasteiger partial charge in [-0.25, -0.2) is 26.3 Å². The summed E-state index contributed by atoms with van der Waals surface area (Å²) in [6.45, 7) is 2.49. The molecule has 0 aromatic heterocycles. The van der Waals surface area contributed by atoms with Gasteiger partial charge in [-0.15, -0.1) is 0 Å². The van der Waals surface area contributed by atoms with E-state index in [4.69, 9.17) is 0 Å². The van der Waals surface area contributed by atoms with Crippen molar-refractivity contribution in [1.82, 2.24) is 4.44 Å². The van der Waals surface area contributed by atoms with E-state index in [0.717, 1.165) is 54.7 Å². The van der Waals surface area contributed by atoms with Crippen molar-refractivity contribution >= 4 is 26.8 Å². The van der Waals surface area contributed by atoms with E-state index in [0.29, 0.717) is 13.0 Å². The van der Waals surface area contributed by atoms with Crippen LogP contribution in [0.4, 0.5) is 26.3 Å². The van der Waals surface area contributed by atoms with Crippen LogP contribution in [0.25, 0.3) is 0 Å². The highest BCUT2D eigenvalue weighted by molar-refractivity contribution is 7.79. The molecule has 1 nitrogen and oxygen atoms in total. The van der Waals surface area contributed by atoms with Crippen molar-refractivity contribution in [2.45, 2.75) is 43.9 Å². The molecule has 4 aromatic rings. The summed E-state index contributed by atoms with van der Waals surface area (Å²) >= 11 is 0. The normalized spacial score (nSPS) is 18.9. The third kappa shape index (κ3) is 6.23. The lowest BCUT2D eigenvalue weighted by molar-refractivity contribution is 0.448. The summed E-state index contributed by atoms with van der Waals surface area (Å²) in [7, 11) is -3.15. The van der Waals surface area contributed by atoms with Crippen molar-refractivity contribution in [2.24, 2.45) is 0 Å². The Morgan fingerprint density at radius 3 is 1.41 bits per heavy atom. The number of nitrogens with zero attached hydrogens (tertiary/aromatic N) is 1. The maximum absolute atomic E-state index is 14.7. The van der Waals surface area contributed by atoms with Gasteiger partial charge in [-0.2, -0.15) is 0 Å². The molecular weight excluding hydrogens is 574 g/mol. The first-order chi connectivity index (χ1) is 19.8. The SMILES string of the molecule is CCCCN(P(c1cc(F)c(F)c(F)c1)c1cc(F)c(F)c(F)c1)P1C(c2ccccc2)CC[C@H]1c1ccccc1. The average molecular weight is 604 g/mol. The van der Waals surface area contributed by atoms with E-state index >= 15 is 0 Å². The summed E-state index contributed by atoms with van der Waals surface area (Å²) in [5.74, 6) is -8.77. The van der Waals surface area contributed by atoms with Gasteiger partial charge in [-0.1, -0.05) is 74.0 Å². The molecule has 1 saturated heterocycles. The Morgan fingerprint density at radius 2 is 1.05 bits per heavy atom. The minimum Gasteiger partial charge on any atom is -0.251 e. The lowest BCUT2D eigenvalue weighted by atomic mass is 10.0. The number of hydrogen-bond acceptors (Lipinski definition) is 1. The third-order valence-electron chi connectivity index (χ3n) is 7.36. The van der Waals surface area contributed by atoms with Gasteiger partial charge in [0.2, 0.25) is 0 Å². The highest BCUT2D eigenvalue weighted by Crippen LogP contribution is 2.76. The van der Waals surface area contributed by atoms with E-state index in [1.807, 2.05) is 43.3 Å². The second-order valence-corrected chi connectivity index (χ2v) is 15.0. The molecule has 5 rings (SSSR count). The molecule has 4 aromatic carbocycles. The maximum atomic E-state index is 14.7. The Labute approximate surface area is 238 Å². The zero-order valence-corrected chi connectivity index (χ0v) is 24.2. The standard InChI is InChI=1S/C32H29F6NP2/c1-2-3-16-39(41-29(21-10-6-4-7-11-21)14-15-30(41)22-12-8-5-9-13-22)40(23-17-25(33)31(37)26(34)18-23)24-19-27(35)32(38)28(36)20-24/h4-13,17-20,29-30H,2-3,14-16H2,1H3/t29-,30?,41?/m0/s1. The molecule has 9 heteroatoms. The summed E-state index contributed by atoms with van der Waals surface area (Å²) in [6, 6.07) is 23.6. The van der Waals surface area contributed by atoms with Crippen LogP contribution >= 0.6 is 16.1 Å². The van der Waals surface area contributed by atoms with Crippen LogP contribution in [-0.2, 0) is 0 Å². The number of halogens is 6. The van der Waals surface area contributed by atoms with Gasteiger partial charge in [0, 0.05) is 36.5 Å². The Bertz CT molecular complexity index is 1340. The summed E-state index contributed by atoms with van der Waals surface area (Å²) in [5, 5.41) is 0.150. The van der Waals surface area contributed by atoms with Crippen LogP contribution < -0.4 is 10.6 Å². The average Bonchev–Trinajstić information content (AvgIpc) is 3.42. The van der Waals surface area contributed by atoms with Crippen LogP contribution in [0.1, 0.15) is 55.1 Å². The van der Waals surface area contributed by atoms with Crippen molar-refractivity contribution in [3.8, 4) is 0 Å². The van der Waals surface area contributed by atoms with Gasteiger partial charge >= 0.3 is 0 Å². The van der Waals surface area contributed by atoms with Crippen LogP contribution in [0.3, 0.4) is 0 Å². The number of unbranched alkanes of at least 4 members (excludes halogenated alkanes) is 1. The van der Waals surface area contributed by atoms with Gasteiger partial charge in [0.1, 0.15) is 0 Å². The molecule has 0 spiro atoms. The van der Waals surface area contributed by atoms with Crippen molar-refractivity contribution in [1.29, 1.82) is 0 Å². The summed E-state index contributed by atoms with van der Waals surface area (Å²) in [5.41, 5.74) is 2.34. The molecule has 41 heavy (non-hydrogen) atoms. The van der Waals surface area contributed by atoms with Gasteiger partial charge < -0.3 is 0 Å². The lowest BCUT2D eigenvalue weighted by Crippen LogP contribution is -2.29. The smallest absolute Gasteiger partial charge is 0.194 e. The van der Waals surface area contributed by atoms with E-state index in [1.165, 1.54) is 0 Å². The summed E-state index contributed by atoms with van der Waals surface area (Å²) < 4.78 is 89.1. The van der Waals surface area contributed by atoms with E-state index in [9.17, 15) is 26.3 Å². The Kier molecular flexibility index (Phi) is 9.49. The topological polar surface area (TPSA) is 3.24 Å². The molecule has 1 heterocycles. The highest BCUT2D eigenvalue weighted by Gasteiger charge is 2.44. The molecule has 2 unspecified atom stereocenters. The van der Waals surface area contributed by atoms with Crippen LogP contribution in [0.5, 0.6) is 0 Å². The highest BCUT2D eigenvalue weighted by atomic mass is 31.2. The van der Waals surface area contributed by atoms with Crippen LogP contribution in [0, 0.1) is 34.9 Å². The van der Waals surface area contributed by atoms with E-state index < -0.39 is 51.0 Å². The maximum Gasteiger partial charge on any atom is 0.194 e. The molecule has 0 saturated carbocycles. The van der Waals surface area contributed by atoms with Crippen molar-refractivity contribution in [3.05, 3.63) is 131 Å². The van der Waals surface area contributed by atoms with Gasteiger partial charge in [-0.05, 0) is 62.7 Å². The van der Waals surface area contributed by atoms with E-state index in [2.05, 4.69) is 28.7 Å². The fourth-order valence-electron chi connectivity index (χ4n) is 5.47. The predicted molar refractivity (Wildman–Crippen MR) is 155 cm³/mol. The Morgan fingerprint density at radius 1 is 0.659 bits per heavy atom. The third-order valence-corrected chi connectivity index (χ3v) is 13.8. The van der Waals surface area contributed by atoms with Crippen LogP contribution in [0.15, 0.2) is 84.9 Å². The van der Waals surface area contributed by atoms with Crippen molar-refractivity contribution in [2.75, 3.05) is 6.54 Å². The number of rotatable bonds is 9. The Balaban J connectivity index is 1.75. The van der Waals surface area contributed by atoms with E-state index in [1.54, 1.807) is 0 Å². The largest absolute Gasteiger partial charge is 0.251 e. The van der Waals surface area contributed by atoms with Crippen molar-refractivity contribution in [3.63, 3.8) is 0 Å². The van der Waals surface area contributed by atoms with E-state index in [-0.39, 0.29) is 21.9 Å². The molecule has 214 valence electrons. The molecule has 0 amide bonds. The van der Waals surface area contributed by atoms with Crippen LogP contribution in [0.2, 0.25) is 0 Å². The van der Waals surface area contributed by atoms with Crippen LogP contribution in [-0.4, -0.2) is 11.0 Å². The zero-order chi connectivity index (χ0) is 29.1. The summed E-state index contributed by atoms with van der Waals surface area (Å²) in [6.07, 6.45) is 3.20. The molecule has 1 aliphatic rings. The predicted octanol–water partition coefficient (Wildman–Crippen LogP) is 9.64. The van der Waals surface area contributed by atoms with Crippen molar-refractivity contribution < 1.29 is 26.3 Å². The molecule has 0 radical (unpaired) electrons. The fourth-order valence-corrected chi connectivity index (χ4v) is 13.0. The monoisotopic (exact) mass is 603 g/mol. The number of hydrogen-bond donors (Lipinski definition) is 0. The summed E-state index contributed by atoms with van der Waals surface area (Å²) in [4.78, 5) is 0. The van der Waals surface area contributed by atoms with Gasteiger partial charge in [0.15, 0.2) is 34.9 Å². The Hall–Kier alpha value is -2.72. The molecule has 1 fully saturated rings. The molecule has 0 bridgehead atoms. The van der Waals surface area contributed by atoms with Gasteiger partial charge in [0.05, 0.1) is 0 Å².